The minimum Gasteiger partial charge on any atom is -0.253 e. The second-order valence-corrected chi connectivity index (χ2v) is 8.94. The molecule has 2 nitrogen and oxygen atoms in total. The van der Waals surface area contributed by atoms with Crippen molar-refractivity contribution in [2.24, 2.45) is 0 Å². The van der Waals surface area contributed by atoms with Crippen molar-refractivity contribution >= 4 is 53.7 Å². The lowest BCUT2D eigenvalue weighted by atomic mass is 10.1. The maximum absolute atomic E-state index is 4.68. The zero-order valence-corrected chi connectivity index (χ0v) is 21.3. The van der Waals surface area contributed by atoms with Crippen LogP contribution in [-0.4, -0.2) is 9.97 Å². The minimum atomic E-state index is 0.844. The summed E-state index contributed by atoms with van der Waals surface area (Å²) in [6.45, 7) is 0. The van der Waals surface area contributed by atoms with E-state index in [0.717, 1.165) is 54.7 Å². The molecule has 5 rings (SSSR count). The highest BCUT2D eigenvalue weighted by molar-refractivity contribution is 9.08. The Morgan fingerprint density at radius 3 is 1.26 bits per heavy atom. The Labute approximate surface area is 215 Å². The van der Waals surface area contributed by atoms with Crippen LogP contribution in [0.1, 0.15) is 33.4 Å². The van der Waals surface area contributed by atoms with Gasteiger partial charge in [-0.05, 0) is 47.5 Å². The Morgan fingerprint density at radius 1 is 0.500 bits per heavy atom. The summed E-state index contributed by atoms with van der Waals surface area (Å²) < 4.78 is 0. The molecule has 0 N–H and O–H groups in total. The summed E-state index contributed by atoms with van der Waals surface area (Å²) in [7, 11) is 0. The van der Waals surface area contributed by atoms with Crippen molar-refractivity contribution in [1.82, 2.24) is 9.97 Å². The Hall–Kier alpha value is -3.44. The van der Waals surface area contributed by atoms with Crippen LogP contribution in [0, 0.1) is 23.7 Å². The molecular weight excluding hydrogens is 548 g/mol. The van der Waals surface area contributed by atoms with Crippen LogP contribution in [0.15, 0.2) is 85.2 Å². The summed E-state index contributed by atoms with van der Waals surface area (Å²) in [4.78, 5) is 9.35. The smallest absolute Gasteiger partial charge is 0.0965 e. The summed E-state index contributed by atoms with van der Waals surface area (Å²) >= 11 is 6.93. The standard InChI is InChI=1S/C30H18Br2N2/c31-17-23-7-1-21(2-8-23)5-11-25-15-27-13-14-28-16-26(20-34-30(28)29(27)33-19-25)12-6-22-3-9-24(18-32)10-4-22/h1-4,7-10,13-16,19-20H,17-18H2. The number of nitrogens with zero attached hydrogens (tertiary/aromatic N) is 2. The van der Waals surface area contributed by atoms with Crippen LogP contribution < -0.4 is 0 Å². The Balaban J connectivity index is 1.42. The second-order valence-electron chi connectivity index (χ2n) is 7.82. The van der Waals surface area contributed by atoms with Gasteiger partial charge in [0.15, 0.2) is 0 Å². The van der Waals surface area contributed by atoms with Crippen LogP contribution in [0.2, 0.25) is 0 Å². The van der Waals surface area contributed by atoms with Crippen LogP contribution in [-0.2, 0) is 10.7 Å². The monoisotopic (exact) mass is 564 g/mol. The number of pyridine rings is 2. The first-order chi connectivity index (χ1) is 16.7. The van der Waals surface area contributed by atoms with Crippen molar-refractivity contribution in [3.63, 3.8) is 0 Å². The highest BCUT2D eigenvalue weighted by Crippen LogP contribution is 2.23. The van der Waals surface area contributed by atoms with Crippen molar-refractivity contribution in [2.45, 2.75) is 10.7 Å². The van der Waals surface area contributed by atoms with E-state index in [1.165, 1.54) is 11.1 Å². The number of hydrogen-bond donors (Lipinski definition) is 0. The third kappa shape index (κ3) is 5.05. The number of fused-ring (bicyclic) bond motifs is 3. The third-order valence-corrected chi connectivity index (χ3v) is 6.71. The summed E-state index contributed by atoms with van der Waals surface area (Å²) in [5, 5.41) is 3.73. The largest absolute Gasteiger partial charge is 0.253 e. The van der Waals surface area contributed by atoms with Crippen molar-refractivity contribution in [3.05, 3.63) is 119 Å². The van der Waals surface area contributed by atoms with Gasteiger partial charge in [0.2, 0.25) is 0 Å². The zero-order valence-electron chi connectivity index (χ0n) is 18.1. The fraction of sp³-hybridized carbons (Fsp3) is 0.0667. The molecule has 34 heavy (non-hydrogen) atoms. The van der Waals surface area contributed by atoms with Gasteiger partial charge in [0, 0.05) is 56.1 Å². The molecule has 5 aromatic rings. The van der Waals surface area contributed by atoms with Gasteiger partial charge >= 0.3 is 0 Å². The molecule has 0 fully saturated rings. The van der Waals surface area contributed by atoms with Crippen LogP contribution in [0.5, 0.6) is 0 Å². The zero-order chi connectivity index (χ0) is 23.3. The van der Waals surface area contributed by atoms with E-state index >= 15 is 0 Å². The molecule has 2 aromatic heterocycles. The maximum Gasteiger partial charge on any atom is 0.0965 e. The maximum atomic E-state index is 4.68. The van der Waals surface area contributed by atoms with Crippen molar-refractivity contribution in [2.75, 3.05) is 0 Å². The molecule has 0 saturated heterocycles. The van der Waals surface area contributed by atoms with E-state index in [2.05, 4.69) is 114 Å². The van der Waals surface area contributed by atoms with Crippen LogP contribution in [0.25, 0.3) is 21.8 Å². The number of alkyl halides is 2. The molecule has 0 aliphatic rings. The van der Waals surface area contributed by atoms with Crippen LogP contribution >= 0.6 is 31.9 Å². The number of halogens is 2. The van der Waals surface area contributed by atoms with E-state index < -0.39 is 0 Å². The first kappa shape index (κ1) is 22.4. The molecule has 0 spiro atoms. The lowest BCUT2D eigenvalue weighted by molar-refractivity contribution is 1.36. The van der Waals surface area contributed by atoms with Gasteiger partial charge in [-0.2, -0.15) is 0 Å². The quantitative estimate of drug-likeness (QED) is 0.127. The first-order valence-electron chi connectivity index (χ1n) is 10.7. The fourth-order valence-electron chi connectivity index (χ4n) is 3.57. The van der Waals surface area contributed by atoms with Crippen molar-refractivity contribution in [3.8, 4) is 23.7 Å². The summed E-state index contributed by atoms with van der Waals surface area (Å²) in [6, 6.07) is 24.7. The van der Waals surface area contributed by atoms with E-state index in [1.807, 2.05) is 36.7 Å². The lowest BCUT2D eigenvalue weighted by Gasteiger charge is -2.03. The van der Waals surface area contributed by atoms with Crippen molar-refractivity contribution in [1.29, 1.82) is 0 Å². The Bertz CT molecular complexity index is 1490. The minimum absolute atomic E-state index is 0.844. The number of rotatable bonds is 2. The fourth-order valence-corrected chi connectivity index (χ4v) is 4.32. The van der Waals surface area contributed by atoms with E-state index in [9.17, 15) is 0 Å². The topological polar surface area (TPSA) is 25.8 Å². The van der Waals surface area contributed by atoms with Crippen molar-refractivity contribution < 1.29 is 0 Å². The Morgan fingerprint density at radius 2 is 0.882 bits per heavy atom. The molecular formula is C30H18Br2N2. The van der Waals surface area contributed by atoms with E-state index in [4.69, 9.17) is 0 Å². The van der Waals surface area contributed by atoms with Crippen LogP contribution in [0.4, 0.5) is 0 Å². The molecule has 0 bridgehead atoms. The summed E-state index contributed by atoms with van der Waals surface area (Å²) in [5.41, 5.74) is 7.93. The molecule has 2 heterocycles. The molecule has 0 amide bonds. The summed E-state index contributed by atoms with van der Waals surface area (Å²) in [6.07, 6.45) is 3.63. The second kappa shape index (κ2) is 10.2. The highest BCUT2D eigenvalue weighted by atomic mass is 79.9. The predicted molar refractivity (Wildman–Crippen MR) is 147 cm³/mol. The molecule has 0 aliphatic heterocycles. The lowest BCUT2D eigenvalue weighted by Crippen LogP contribution is -1.88. The molecule has 4 heteroatoms. The number of hydrogen-bond acceptors (Lipinski definition) is 2. The molecule has 0 atom stereocenters. The van der Waals surface area contributed by atoms with Gasteiger partial charge in [0.25, 0.3) is 0 Å². The molecule has 0 unspecified atom stereocenters. The van der Waals surface area contributed by atoms with Gasteiger partial charge in [0.1, 0.15) is 0 Å². The number of benzene rings is 3. The Kier molecular flexibility index (Phi) is 6.72. The van der Waals surface area contributed by atoms with E-state index in [0.29, 0.717) is 0 Å². The molecule has 0 saturated carbocycles. The molecule has 0 aliphatic carbocycles. The first-order valence-corrected chi connectivity index (χ1v) is 13.0. The van der Waals surface area contributed by atoms with Gasteiger partial charge in [-0.3, -0.25) is 9.97 Å². The van der Waals surface area contributed by atoms with Gasteiger partial charge in [0.05, 0.1) is 11.0 Å². The van der Waals surface area contributed by atoms with Crippen LogP contribution in [0.3, 0.4) is 0 Å². The third-order valence-electron chi connectivity index (χ3n) is 5.42. The SMILES string of the molecule is BrCc1ccc(C#Cc2cnc3c(ccc4cc(C#Cc5ccc(CBr)cc5)cnc43)c2)cc1. The molecule has 3 aromatic carbocycles. The van der Waals surface area contributed by atoms with Gasteiger partial charge in [-0.25, -0.2) is 0 Å². The average molecular weight is 566 g/mol. The molecule has 0 radical (unpaired) electrons. The average Bonchev–Trinajstić information content (AvgIpc) is 2.91. The normalized spacial score (nSPS) is 10.4. The molecule has 162 valence electrons. The number of aromatic nitrogens is 2. The predicted octanol–water partition coefficient (Wildman–Crippen LogP) is 7.37. The van der Waals surface area contributed by atoms with Gasteiger partial charge in [-0.15, -0.1) is 0 Å². The highest BCUT2D eigenvalue weighted by Gasteiger charge is 2.05. The van der Waals surface area contributed by atoms with Gasteiger partial charge in [-0.1, -0.05) is 91.9 Å². The van der Waals surface area contributed by atoms with Gasteiger partial charge < -0.3 is 0 Å². The summed E-state index contributed by atoms with van der Waals surface area (Å²) in [5.74, 6) is 12.9. The van der Waals surface area contributed by atoms with E-state index in [-0.39, 0.29) is 0 Å². The van der Waals surface area contributed by atoms with E-state index in [1.54, 1.807) is 0 Å².